The van der Waals surface area contributed by atoms with E-state index in [9.17, 15) is 4.39 Å². The molecule has 5 nitrogen and oxygen atoms in total. The van der Waals surface area contributed by atoms with Gasteiger partial charge in [-0.1, -0.05) is 12.1 Å². The third-order valence-electron chi connectivity index (χ3n) is 4.61. The predicted octanol–water partition coefficient (Wildman–Crippen LogP) is 2.55. The minimum absolute atomic E-state index is 0.261. The van der Waals surface area contributed by atoms with Crippen LogP contribution >= 0.6 is 0 Å². The molecular formula is C19H21FN4O. The van der Waals surface area contributed by atoms with Crippen LogP contribution in [0.2, 0.25) is 0 Å². The molecule has 0 radical (unpaired) electrons. The van der Waals surface area contributed by atoms with Gasteiger partial charge in [-0.05, 0) is 24.3 Å². The van der Waals surface area contributed by atoms with E-state index in [0.717, 1.165) is 61.1 Å². The molecule has 3 heterocycles. The molecule has 1 saturated heterocycles. The number of imidazole rings is 1. The molecule has 0 saturated carbocycles. The van der Waals surface area contributed by atoms with Crippen LogP contribution in [0, 0.1) is 5.82 Å². The minimum atomic E-state index is -0.261. The zero-order valence-electron chi connectivity index (χ0n) is 14.2. The summed E-state index contributed by atoms with van der Waals surface area (Å²) in [6, 6.07) is 11.0. The molecule has 0 aliphatic carbocycles. The Morgan fingerprint density at radius 1 is 1.20 bits per heavy atom. The van der Waals surface area contributed by atoms with Gasteiger partial charge in [-0.15, -0.1) is 0 Å². The van der Waals surface area contributed by atoms with Crippen LogP contribution in [-0.2, 0) is 6.54 Å². The van der Waals surface area contributed by atoms with Crippen molar-refractivity contribution in [2.45, 2.75) is 6.54 Å². The monoisotopic (exact) mass is 340 g/mol. The molecule has 0 amide bonds. The fourth-order valence-electron chi connectivity index (χ4n) is 3.30. The summed E-state index contributed by atoms with van der Waals surface area (Å²) in [7, 11) is 1.65. The average Bonchev–Trinajstić information content (AvgIpc) is 3.00. The molecule has 1 N–H and O–H groups in total. The van der Waals surface area contributed by atoms with Crippen molar-refractivity contribution >= 4 is 5.65 Å². The number of ether oxygens (including phenoxy) is 1. The fourth-order valence-corrected chi connectivity index (χ4v) is 3.30. The van der Waals surface area contributed by atoms with Gasteiger partial charge in [0, 0.05) is 44.5 Å². The van der Waals surface area contributed by atoms with Gasteiger partial charge >= 0.3 is 0 Å². The molecule has 1 fully saturated rings. The Balaban J connectivity index is 1.82. The predicted molar refractivity (Wildman–Crippen MR) is 95.3 cm³/mol. The number of fused-ring (bicyclic) bond motifs is 1. The average molecular weight is 340 g/mol. The first kappa shape index (κ1) is 16.1. The van der Waals surface area contributed by atoms with Crippen LogP contribution < -0.4 is 10.1 Å². The highest BCUT2D eigenvalue weighted by molar-refractivity contribution is 5.68. The van der Waals surface area contributed by atoms with Crippen molar-refractivity contribution in [1.29, 1.82) is 0 Å². The summed E-state index contributed by atoms with van der Waals surface area (Å²) in [5.41, 5.74) is 3.62. The van der Waals surface area contributed by atoms with Gasteiger partial charge in [-0.25, -0.2) is 9.37 Å². The largest absolute Gasteiger partial charge is 0.497 e. The number of benzene rings is 1. The second-order valence-electron chi connectivity index (χ2n) is 6.24. The molecule has 130 valence electrons. The van der Waals surface area contributed by atoms with Gasteiger partial charge < -0.3 is 10.1 Å². The van der Waals surface area contributed by atoms with Gasteiger partial charge in [-0.3, -0.25) is 9.30 Å². The number of aromatic nitrogens is 2. The van der Waals surface area contributed by atoms with Crippen molar-refractivity contribution in [2.24, 2.45) is 0 Å². The lowest BCUT2D eigenvalue weighted by atomic mass is 10.1. The van der Waals surface area contributed by atoms with Crippen LogP contribution in [0.1, 0.15) is 5.69 Å². The zero-order valence-corrected chi connectivity index (χ0v) is 14.2. The number of nitrogens with zero attached hydrogens (tertiary/aromatic N) is 3. The van der Waals surface area contributed by atoms with Crippen LogP contribution in [0.5, 0.6) is 5.75 Å². The Bertz CT molecular complexity index is 886. The van der Waals surface area contributed by atoms with Crippen molar-refractivity contribution in [3.63, 3.8) is 0 Å². The summed E-state index contributed by atoms with van der Waals surface area (Å²) in [4.78, 5) is 7.13. The Morgan fingerprint density at radius 3 is 2.84 bits per heavy atom. The van der Waals surface area contributed by atoms with E-state index in [1.54, 1.807) is 13.2 Å². The van der Waals surface area contributed by atoms with E-state index in [-0.39, 0.29) is 5.82 Å². The maximum absolute atomic E-state index is 13.8. The Kier molecular flexibility index (Phi) is 4.38. The lowest BCUT2D eigenvalue weighted by Crippen LogP contribution is -2.43. The Morgan fingerprint density at radius 2 is 2.04 bits per heavy atom. The zero-order chi connectivity index (χ0) is 17.2. The minimum Gasteiger partial charge on any atom is -0.497 e. The van der Waals surface area contributed by atoms with Crippen LogP contribution in [0.3, 0.4) is 0 Å². The van der Waals surface area contributed by atoms with Crippen molar-refractivity contribution in [1.82, 2.24) is 19.6 Å². The lowest BCUT2D eigenvalue weighted by molar-refractivity contribution is 0.230. The number of methoxy groups -OCH3 is 1. The molecule has 3 aromatic rings. The number of hydrogen-bond acceptors (Lipinski definition) is 4. The quantitative estimate of drug-likeness (QED) is 0.793. The van der Waals surface area contributed by atoms with Crippen molar-refractivity contribution in [2.75, 3.05) is 33.3 Å². The highest BCUT2D eigenvalue weighted by Gasteiger charge is 2.19. The smallest absolute Gasteiger partial charge is 0.139 e. The summed E-state index contributed by atoms with van der Waals surface area (Å²) in [5, 5.41) is 3.36. The van der Waals surface area contributed by atoms with Gasteiger partial charge in [0.25, 0.3) is 0 Å². The van der Waals surface area contributed by atoms with Gasteiger partial charge in [0.2, 0.25) is 0 Å². The molecule has 2 aromatic heterocycles. The number of rotatable bonds is 4. The summed E-state index contributed by atoms with van der Waals surface area (Å²) < 4.78 is 21.0. The summed E-state index contributed by atoms with van der Waals surface area (Å²) in [5.74, 6) is 0.525. The maximum Gasteiger partial charge on any atom is 0.139 e. The van der Waals surface area contributed by atoms with Crippen LogP contribution in [-0.4, -0.2) is 47.6 Å². The van der Waals surface area contributed by atoms with E-state index < -0.39 is 0 Å². The molecule has 1 aliphatic rings. The first-order valence-corrected chi connectivity index (χ1v) is 8.48. The van der Waals surface area contributed by atoms with Gasteiger partial charge in [0.05, 0.1) is 18.5 Å². The SMILES string of the molecule is COc1cccc(-c2nc3ccc(F)cn3c2CN2CCNCC2)c1. The van der Waals surface area contributed by atoms with Gasteiger partial charge in [0.1, 0.15) is 17.2 Å². The molecule has 0 bridgehead atoms. The van der Waals surface area contributed by atoms with Crippen LogP contribution in [0.25, 0.3) is 16.9 Å². The number of halogens is 1. The van der Waals surface area contributed by atoms with E-state index in [1.807, 2.05) is 28.7 Å². The second-order valence-corrected chi connectivity index (χ2v) is 6.24. The van der Waals surface area contributed by atoms with E-state index in [1.165, 1.54) is 12.3 Å². The number of piperazine rings is 1. The number of hydrogen-bond donors (Lipinski definition) is 1. The van der Waals surface area contributed by atoms with Crippen molar-refractivity contribution < 1.29 is 9.13 Å². The van der Waals surface area contributed by atoms with E-state index in [2.05, 4.69) is 10.2 Å². The molecule has 0 spiro atoms. The fraction of sp³-hybridized carbons (Fsp3) is 0.316. The highest BCUT2D eigenvalue weighted by Crippen LogP contribution is 2.28. The van der Waals surface area contributed by atoms with Crippen LogP contribution in [0.4, 0.5) is 4.39 Å². The van der Waals surface area contributed by atoms with Crippen LogP contribution in [0.15, 0.2) is 42.6 Å². The van der Waals surface area contributed by atoms with Crippen molar-refractivity contribution in [3.8, 4) is 17.0 Å². The summed E-state index contributed by atoms with van der Waals surface area (Å²) >= 11 is 0. The lowest BCUT2D eigenvalue weighted by Gasteiger charge is -2.27. The topological polar surface area (TPSA) is 41.8 Å². The van der Waals surface area contributed by atoms with Gasteiger partial charge in [0.15, 0.2) is 0 Å². The first-order chi connectivity index (χ1) is 12.2. The van der Waals surface area contributed by atoms with E-state index >= 15 is 0 Å². The van der Waals surface area contributed by atoms with E-state index in [4.69, 9.17) is 9.72 Å². The number of pyridine rings is 1. The number of nitrogens with one attached hydrogen (secondary N) is 1. The molecular weight excluding hydrogens is 319 g/mol. The molecule has 25 heavy (non-hydrogen) atoms. The Labute approximate surface area is 146 Å². The molecule has 4 rings (SSSR count). The van der Waals surface area contributed by atoms with Crippen molar-refractivity contribution in [3.05, 3.63) is 54.1 Å². The third kappa shape index (κ3) is 3.23. The normalized spacial score (nSPS) is 15.6. The third-order valence-corrected chi connectivity index (χ3v) is 4.61. The van der Waals surface area contributed by atoms with Gasteiger partial charge in [-0.2, -0.15) is 0 Å². The second kappa shape index (κ2) is 6.82. The Hall–Kier alpha value is -2.44. The first-order valence-electron chi connectivity index (χ1n) is 8.48. The standard InChI is InChI=1S/C19H21FN4O/c1-25-16-4-2-3-14(11-16)19-17(13-23-9-7-21-8-10-23)24-12-15(20)5-6-18(24)22-19/h2-6,11-12,21H,7-10,13H2,1H3. The summed E-state index contributed by atoms with van der Waals surface area (Å²) in [6.07, 6.45) is 1.52. The highest BCUT2D eigenvalue weighted by atomic mass is 19.1. The summed E-state index contributed by atoms with van der Waals surface area (Å²) in [6.45, 7) is 4.62. The molecule has 0 unspecified atom stereocenters. The molecule has 1 aliphatic heterocycles. The molecule has 0 atom stereocenters. The molecule has 1 aromatic carbocycles. The van der Waals surface area contributed by atoms with E-state index in [0.29, 0.717) is 0 Å². The maximum atomic E-state index is 13.8. The molecule has 6 heteroatoms.